The van der Waals surface area contributed by atoms with E-state index >= 15 is 0 Å². The molecule has 0 amide bonds. The zero-order valence-corrected chi connectivity index (χ0v) is 12.9. The molecule has 0 aliphatic heterocycles. The van der Waals surface area contributed by atoms with E-state index in [2.05, 4.69) is 10.3 Å². The average Bonchev–Trinajstić information content (AvgIpc) is 2.25. The van der Waals surface area contributed by atoms with Crippen molar-refractivity contribution >= 4 is 24.8 Å². The number of aliphatic hydroxyl groups is 2. The summed E-state index contributed by atoms with van der Waals surface area (Å²) in [6.45, 7) is 6.03. The molecule has 1 atom stereocenters. The molecule has 4 N–H and O–H groups in total. The number of aliphatic hydroxyl groups excluding tert-OH is 2. The van der Waals surface area contributed by atoms with Crippen LogP contribution in [-0.2, 0) is 6.61 Å². The highest BCUT2D eigenvalue weighted by molar-refractivity contribution is 5.85. The fourth-order valence-electron chi connectivity index (χ4n) is 1.32. The number of nitrogens with zero attached hydrogens (tertiary/aromatic N) is 1. The van der Waals surface area contributed by atoms with Crippen molar-refractivity contribution in [2.24, 2.45) is 0 Å². The van der Waals surface area contributed by atoms with Crippen LogP contribution in [0, 0.1) is 0 Å². The Bertz CT molecular complexity index is 384. The summed E-state index contributed by atoms with van der Waals surface area (Å²) in [6.07, 6.45) is -0.764. The molecule has 0 aliphatic rings. The van der Waals surface area contributed by atoms with Crippen molar-refractivity contribution < 1.29 is 15.3 Å². The minimum atomic E-state index is -0.764. The zero-order valence-electron chi connectivity index (χ0n) is 11.3. The van der Waals surface area contributed by atoms with Crippen LogP contribution in [0.5, 0.6) is 5.75 Å². The van der Waals surface area contributed by atoms with Gasteiger partial charge in [0.05, 0.1) is 12.3 Å². The normalized spacial score (nSPS) is 12.3. The van der Waals surface area contributed by atoms with E-state index in [0.717, 1.165) is 0 Å². The van der Waals surface area contributed by atoms with Gasteiger partial charge in [0.25, 0.3) is 0 Å². The molecule has 0 aromatic carbocycles. The van der Waals surface area contributed by atoms with Crippen molar-refractivity contribution in [1.82, 2.24) is 10.3 Å². The van der Waals surface area contributed by atoms with E-state index in [9.17, 15) is 10.2 Å². The largest absolute Gasteiger partial charge is 0.506 e. The van der Waals surface area contributed by atoms with E-state index in [1.165, 1.54) is 6.07 Å². The quantitative estimate of drug-likeness (QED) is 0.677. The molecule has 0 spiro atoms. The molecule has 0 saturated heterocycles. The highest BCUT2D eigenvalue weighted by atomic mass is 35.5. The second-order valence-corrected chi connectivity index (χ2v) is 5.01. The van der Waals surface area contributed by atoms with Crippen LogP contribution in [0.3, 0.4) is 0 Å². The summed E-state index contributed by atoms with van der Waals surface area (Å²) in [5.41, 5.74) is 0.526. The topological polar surface area (TPSA) is 85.6 Å². The summed E-state index contributed by atoms with van der Waals surface area (Å²) in [5.74, 6) is -0.0627. The smallest absolute Gasteiger partial charge is 0.139 e. The minimum absolute atomic E-state index is 0. The summed E-state index contributed by atoms with van der Waals surface area (Å²) < 4.78 is 0. The Morgan fingerprint density at radius 2 is 1.84 bits per heavy atom. The number of aromatic hydroxyl groups is 1. The number of β-amino-alcohol motifs (C(OH)–C–C–N with tert-alkyl or cyclic N) is 1. The molecule has 1 rings (SSSR count). The van der Waals surface area contributed by atoms with Crippen molar-refractivity contribution in [3.63, 3.8) is 0 Å². The Balaban J connectivity index is 0. The van der Waals surface area contributed by atoms with Gasteiger partial charge in [-0.25, -0.2) is 4.98 Å². The SMILES string of the molecule is CC(C)(C)NC[C@@H](O)c1ccc(O)c(CO)n1.Cl.Cl. The van der Waals surface area contributed by atoms with Crippen molar-refractivity contribution in [3.8, 4) is 5.75 Å². The Morgan fingerprint density at radius 3 is 2.32 bits per heavy atom. The fourth-order valence-corrected chi connectivity index (χ4v) is 1.32. The molecule has 0 radical (unpaired) electrons. The van der Waals surface area contributed by atoms with E-state index in [4.69, 9.17) is 5.11 Å². The Labute approximate surface area is 125 Å². The molecule has 1 aromatic heterocycles. The molecular weight excluding hydrogens is 291 g/mol. The van der Waals surface area contributed by atoms with Gasteiger partial charge in [-0.05, 0) is 32.9 Å². The number of hydrogen-bond donors (Lipinski definition) is 4. The van der Waals surface area contributed by atoms with Crippen molar-refractivity contribution in [2.75, 3.05) is 6.54 Å². The van der Waals surface area contributed by atoms with Gasteiger partial charge in [-0.2, -0.15) is 0 Å². The maximum absolute atomic E-state index is 9.91. The van der Waals surface area contributed by atoms with Crippen LogP contribution in [0.15, 0.2) is 12.1 Å². The number of rotatable bonds is 4. The summed E-state index contributed by atoms with van der Waals surface area (Å²) >= 11 is 0. The third-order valence-electron chi connectivity index (χ3n) is 2.29. The molecular formula is C12H22Cl2N2O3. The number of halogens is 2. The number of aromatic nitrogens is 1. The van der Waals surface area contributed by atoms with Gasteiger partial charge in [0, 0.05) is 12.1 Å². The number of hydrogen-bond acceptors (Lipinski definition) is 5. The van der Waals surface area contributed by atoms with Crippen molar-refractivity contribution in [3.05, 3.63) is 23.5 Å². The molecule has 0 aliphatic carbocycles. The molecule has 1 aromatic rings. The first-order valence-electron chi connectivity index (χ1n) is 5.56. The average molecular weight is 313 g/mol. The van der Waals surface area contributed by atoms with E-state index < -0.39 is 6.10 Å². The van der Waals surface area contributed by atoms with Gasteiger partial charge in [-0.15, -0.1) is 24.8 Å². The van der Waals surface area contributed by atoms with Gasteiger partial charge in [0.15, 0.2) is 0 Å². The molecule has 19 heavy (non-hydrogen) atoms. The van der Waals surface area contributed by atoms with Gasteiger partial charge >= 0.3 is 0 Å². The van der Waals surface area contributed by atoms with Gasteiger partial charge in [-0.1, -0.05) is 0 Å². The Hall–Kier alpha value is -0.590. The Kier molecular flexibility index (Phi) is 9.33. The highest BCUT2D eigenvalue weighted by Gasteiger charge is 2.15. The minimum Gasteiger partial charge on any atom is -0.506 e. The number of nitrogens with one attached hydrogen (secondary N) is 1. The van der Waals surface area contributed by atoms with Crippen molar-refractivity contribution in [1.29, 1.82) is 0 Å². The second-order valence-electron chi connectivity index (χ2n) is 5.01. The van der Waals surface area contributed by atoms with Crippen LogP contribution in [-0.4, -0.2) is 32.4 Å². The van der Waals surface area contributed by atoms with Crippen LogP contribution in [0.2, 0.25) is 0 Å². The van der Waals surface area contributed by atoms with Gasteiger partial charge in [0.1, 0.15) is 17.5 Å². The summed E-state index contributed by atoms with van der Waals surface area (Å²) in [5, 5.41) is 31.4. The maximum Gasteiger partial charge on any atom is 0.139 e. The molecule has 0 unspecified atom stereocenters. The van der Waals surface area contributed by atoms with Gasteiger partial charge in [-0.3, -0.25) is 0 Å². The maximum atomic E-state index is 9.91. The molecule has 1 heterocycles. The predicted molar refractivity (Wildman–Crippen MR) is 79.0 cm³/mol. The van der Waals surface area contributed by atoms with E-state index in [0.29, 0.717) is 12.2 Å². The van der Waals surface area contributed by atoms with E-state index in [1.54, 1.807) is 6.07 Å². The molecule has 7 heteroatoms. The van der Waals surface area contributed by atoms with Crippen molar-refractivity contribution in [2.45, 2.75) is 39.0 Å². The fraction of sp³-hybridized carbons (Fsp3) is 0.583. The standard InChI is InChI=1S/C12H20N2O3.2ClH/c1-12(2,3)13-6-11(17)8-4-5-10(16)9(7-15)14-8;;/h4-5,11,13,15-17H,6-7H2,1-3H3;2*1H/t11-;;/m1../s1. The third kappa shape index (κ3) is 6.94. The summed E-state index contributed by atoms with van der Waals surface area (Å²) in [6, 6.07) is 2.97. The van der Waals surface area contributed by atoms with Gasteiger partial charge in [0.2, 0.25) is 0 Å². The molecule has 112 valence electrons. The molecule has 0 saturated carbocycles. The first kappa shape index (κ1) is 20.7. The van der Waals surface area contributed by atoms with E-state index in [1.807, 2.05) is 20.8 Å². The van der Waals surface area contributed by atoms with Crippen LogP contribution in [0.4, 0.5) is 0 Å². The van der Waals surface area contributed by atoms with Crippen LogP contribution in [0.25, 0.3) is 0 Å². The second kappa shape index (κ2) is 8.55. The van der Waals surface area contributed by atoms with Crippen LogP contribution in [0.1, 0.15) is 38.3 Å². The van der Waals surface area contributed by atoms with Crippen LogP contribution >= 0.6 is 24.8 Å². The monoisotopic (exact) mass is 312 g/mol. The molecule has 5 nitrogen and oxygen atoms in total. The van der Waals surface area contributed by atoms with E-state index in [-0.39, 0.29) is 48.4 Å². The first-order chi connectivity index (χ1) is 7.83. The predicted octanol–water partition coefficient (Wildman–Crippen LogP) is 1.54. The molecule has 0 fully saturated rings. The highest BCUT2D eigenvalue weighted by Crippen LogP contribution is 2.18. The Morgan fingerprint density at radius 1 is 1.26 bits per heavy atom. The number of pyridine rings is 1. The first-order valence-corrected chi connectivity index (χ1v) is 5.56. The summed E-state index contributed by atoms with van der Waals surface area (Å²) in [4.78, 5) is 4.00. The lowest BCUT2D eigenvalue weighted by Gasteiger charge is -2.22. The van der Waals surface area contributed by atoms with Crippen LogP contribution < -0.4 is 5.32 Å². The lowest BCUT2D eigenvalue weighted by atomic mass is 10.1. The lowest BCUT2D eigenvalue weighted by molar-refractivity contribution is 0.158. The van der Waals surface area contributed by atoms with Gasteiger partial charge < -0.3 is 20.6 Å². The summed E-state index contributed by atoms with van der Waals surface area (Å²) in [7, 11) is 0. The zero-order chi connectivity index (χ0) is 13.1. The molecule has 0 bridgehead atoms. The lowest BCUT2D eigenvalue weighted by Crippen LogP contribution is -2.38. The third-order valence-corrected chi connectivity index (χ3v) is 2.29.